The van der Waals surface area contributed by atoms with Crippen LogP contribution in [0.15, 0.2) is 23.8 Å². The number of unbranched alkanes of at least 4 members (excludes halogenated alkanes) is 18. The van der Waals surface area contributed by atoms with Crippen LogP contribution in [0.1, 0.15) is 149 Å². The number of carbonyl (C=O) groups excluding carboxylic acids is 4. The Morgan fingerprint density at radius 1 is 0.533 bits per heavy atom. The molecule has 2 N–H and O–H groups in total. The highest BCUT2D eigenvalue weighted by molar-refractivity contribution is 5.93. The van der Waals surface area contributed by atoms with Crippen molar-refractivity contribution in [1.82, 2.24) is 10.6 Å². The van der Waals surface area contributed by atoms with Crippen LogP contribution in [0, 0.1) is 0 Å². The summed E-state index contributed by atoms with van der Waals surface area (Å²) < 4.78 is 38.2. The number of nitrogens with one attached hydrogen (secondary N) is 2. The van der Waals surface area contributed by atoms with Gasteiger partial charge < -0.3 is 20.1 Å². The summed E-state index contributed by atoms with van der Waals surface area (Å²) in [5.74, 6) is -3.67. The van der Waals surface area contributed by atoms with E-state index in [0.29, 0.717) is 32.5 Å². The van der Waals surface area contributed by atoms with E-state index in [0.717, 1.165) is 116 Å². The molecular formula is C35H58F2N2O6. The fraction of sp³-hybridized carbons (Fsp3) is 0.771. The third-order valence-electron chi connectivity index (χ3n) is 7.81. The Balaban J connectivity index is 2.00. The molecule has 0 unspecified atom stereocenters. The molecule has 0 bridgehead atoms. The van der Waals surface area contributed by atoms with E-state index >= 15 is 0 Å². The van der Waals surface area contributed by atoms with E-state index in [4.69, 9.17) is 9.47 Å². The number of allylic oxidation sites excluding steroid dienone is 2. The van der Waals surface area contributed by atoms with E-state index in [1.165, 1.54) is 26.0 Å². The molecule has 0 aromatic carbocycles. The molecule has 0 aromatic heterocycles. The first-order valence-electron chi connectivity index (χ1n) is 17.3. The van der Waals surface area contributed by atoms with Crippen LogP contribution < -0.4 is 10.6 Å². The van der Waals surface area contributed by atoms with Gasteiger partial charge in [-0.15, -0.1) is 0 Å². The summed E-state index contributed by atoms with van der Waals surface area (Å²) >= 11 is 0. The van der Waals surface area contributed by atoms with Gasteiger partial charge in [0.1, 0.15) is 0 Å². The monoisotopic (exact) mass is 640 g/mol. The number of rotatable bonds is 28. The highest BCUT2D eigenvalue weighted by Gasteiger charge is 2.40. The number of amides is 2. The van der Waals surface area contributed by atoms with E-state index in [9.17, 15) is 28.0 Å². The molecule has 1 aliphatic rings. The van der Waals surface area contributed by atoms with Gasteiger partial charge in [-0.1, -0.05) is 89.9 Å². The molecule has 0 saturated heterocycles. The number of halogens is 2. The largest absolute Gasteiger partial charge is 0.466 e. The summed E-state index contributed by atoms with van der Waals surface area (Å²) in [7, 11) is 0. The molecule has 1 saturated carbocycles. The first-order chi connectivity index (χ1) is 21.7. The highest BCUT2D eigenvalue weighted by atomic mass is 19.1. The molecule has 0 spiro atoms. The number of ether oxygens (including phenoxy) is 2. The van der Waals surface area contributed by atoms with Gasteiger partial charge in [-0.3, -0.25) is 19.2 Å². The molecule has 10 heteroatoms. The van der Waals surface area contributed by atoms with Gasteiger partial charge in [-0.2, -0.15) is 0 Å². The van der Waals surface area contributed by atoms with Gasteiger partial charge in [0.25, 0.3) is 11.8 Å². The zero-order valence-electron chi connectivity index (χ0n) is 27.8. The Kier molecular flexibility index (Phi) is 23.6. The van der Waals surface area contributed by atoms with Crippen LogP contribution in [0.4, 0.5) is 8.78 Å². The van der Waals surface area contributed by atoms with Gasteiger partial charge in [0.15, 0.2) is 11.7 Å². The number of esters is 2. The fourth-order valence-corrected chi connectivity index (χ4v) is 5.03. The van der Waals surface area contributed by atoms with E-state index in [2.05, 4.69) is 10.6 Å². The fourth-order valence-electron chi connectivity index (χ4n) is 5.03. The second-order valence-electron chi connectivity index (χ2n) is 12.1. The minimum atomic E-state index is -0.817. The quantitative estimate of drug-likeness (QED) is 0.0510. The third-order valence-corrected chi connectivity index (χ3v) is 7.81. The summed E-state index contributed by atoms with van der Waals surface area (Å²) in [6.07, 6.45) is 22.9. The topological polar surface area (TPSA) is 111 Å². The Hall–Kier alpha value is -2.78. The SMILES string of the molecule is CC(=O)OCCCCCCCCCCCC=C(F)C(=O)N[C@H]1C[C@H]1NC(=O)C(F)=CCCCCCCCCCCCOC(C)=O. The molecule has 1 fully saturated rings. The summed E-state index contributed by atoms with van der Waals surface area (Å²) in [6.45, 7) is 3.84. The van der Waals surface area contributed by atoms with Crippen molar-refractivity contribution in [2.75, 3.05) is 13.2 Å². The van der Waals surface area contributed by atoms with Crippen LogP contribution in [0.2, 0.25) is 0 Å². The predicted octanol–water partition coefficient (Wildman–Crippen LogP) is 7.99. The third kappa shape index (κ3) is 24.2. The molecule has 45 heavy (non-hydrogen) atoms. The van der Waals surface area contributed by atoms with E-state index in [1.807, 2.05) is 0 Å². The standard InChI is InChI=1S/C35H58F2N2O6/c1-28(40)44-25-21-17-13-9-5-3-7-11-15-19-23-30(36)34(42)38-32-27-33(32)39-35(43)31(37)24-20-16-12-8-4-6-10-14-18-22-26-45-29(2)41/h23-24,32-33H,3-22,25-27H2,1-2H3,(H,38,42)(H,39,43)/t32-,33+. The first-order valence-corrected chi connectivity index (χ1v) is 17.3. The van der Waals surface area contributed by atoms with Crippen molar-refractivity contribution in [3.8, 4) is 0 Å². The molecule has 0 aliphatic heterocycles. The first kappa shape index (κ1) is 40.2. The van der Waals surface area contributed by atoms with Gasteiger partial charge in [0.2, 0.25) is 0 Å². The molecule has 0 radical (unpaired) electrons. The van der Waals surface area contributed by atoms with E-state index < -0.39 is 23.5 Å². The molecule has 258 valence electrons. The van der Waals surface area contributed by atoms with Crippen LogP contribution in [-0.4, -0.2) is 49.1 Å². The van der Waals surface area contributed by atoms with Crippen molar-refractivity contribution in [2.45, 2.75) is 161 Å². The van der Waals surface area contributed by atoms with Gasteiger partial charge in [0, 0.05) is 13.8 Å². The lowest BCUT2D eigenvalue weighted by Crippen LogP contribution is -2.35. The maximum Gasteiger partial charge on any atom is 0.302 e. The highest BCUT2D eigenvalue weighted by Crippen LogP contribution is 2.23. The number of hydrogen-bond donors (Lipinski definition) is 2. The second kappa shape index (κ2) is 26.4. The van der Waals surface area contributed by atoms with Crippen molar-refractivity contribution in [2.24, 2.45) is 0 Å². The zero-order chi connectivity index (χ0) is 33.1. The van der Waals surface area contributed by atoms with Crippen LogP contribution >= 0.6 is 0 Å². The van der Waals surface area contributed by atoms with E-state index in [1.54, 1.807) is 0 Å². The summed E-state index contributed by atoms with van der Waals surface area (Å²) in [5.41, 5.74) is 0. The summed E-state index contributed by atoms with van der Waals surface area (Å²) in [6, 6.07) is -0.770. The molecule has 8 nitrogen and oxygen atoms in total. The molecule has 0 aromatic rings. The number of hydrogen-bond acceptors (Lipinski definition) is 6. The van der Waals surface area contributed by atoms with Crippen LogP contribution in [0.3, 0.4) is 0 Å². The lowest BCUT2D eigenvalue weighted by Gasteiger charge is -2.05. The molecule has 2 atom stereocenters. The van der Waals surface area contributed by atoms with Gasteiger partial charge in [0.05, 0.1) is 25.3 Å². The Bertz CT molecular complexity index is 852. The van der Waals surface area contributed by atoms with Gasteiger partial charge in [-0.05, 0) is 57.1 Å². The van der Waals surface area contributed by atoms with Gasteiger partial charge >= 0.3 is 11.9 Å². The zero-order valence-corrected chi connectivity index (χ0v) is 27.8. The smallest absolute Gasteiger partial charge is 0.302 e. The Morgan fingerprint density at radius 2 is 0.822 bits per heavy atom. The average molecular weight is 641 g/mol. The second-order valence-corrected chi connectivity index (χ2v) is 12.1. The maximum atomic E-state index is 14.2. The van der Waals surface area contributed by atoms with Crippen molar-refractivity contribution in [1.29, 1.82) is 0 Å². The molecule has 1 aliphatic carbocycles. The predicted molar refractivity (Wildman–Crippen MR) is 172 cm³/mol. The summed E-state index contributed by atoms with van der Waals surface area (Å²) in [5, 5.41) is 5.13. The minimum Gasteiger partial charge on any atom is -0.466 e. The van der Waals surface area contributed by atoms with Crippen LogP contribution in [0.25, 0.3) is 0 Å². The molecular weight excluding hydrogens is 582 g/mol. The Labute approximate surface area is 269 Å². The van der Waals surface area contributed by atoms with E-state index in [-0.39, 0.29) is 24.0 Å². The van der Waals surface area contributed by atoms with Crippen molar-refractivity contribution >= 4 is 23.8 Å². The van der Waals surface area contributed by atoms with Crippen molar-refractivity contribution in [3.05, 3.63) is 23.8 Å². The number of carbonyl (C=O) groups is 4. The molecule has 2 amide bonds. The van der Waals surface area contributed by atoms with Gasteiger partial charge in [-0.25, -0.2) is 8.78 Å². The summed E-state index contributed by atoms with van der Waals surface area (Å²) in [4.78, 5) is 45.6. The van der Waals surface area contributed by atoms with Crippen LogP contribution in [-0.2, 0) is 28.7 Å². The van der Waals surface area contributed by atoms with Crippen molar-refractivity contribution in [3.63, 3.8) is 0 Å². The van der Waals surface area contributed by atoms with Crippen molar-refractivity contribution < 1.29 is 37.4 Å². The lowest BCUT2D eigenvalue weighted by molar-refractivity contribution is -0.142. The molecule has 0 heterocycles. The molecule has 1 rings (SSSR count). The lowest BCUT2D eigenvalue weighted by atomic mass is 10.1. The maximum absolute atomic E-state index is 14.2. The Morgan fingerprint density at radius 3 is 1.13 bits per heavy atom. The average Bonchev–Trinajstić information content (AvgIpc) is 3.73. The minimum absolute atomic E-state index is 0.229. The van der Waals surface area contributed by atoms with Crippen LogP contribution in [0.5, 0.6) is 0 Å². The normalized spacial score (nSPS) is 16.3.